The van der Waals surface area contributed by atoms with Crippen LogP contribution in [0.2, 0.25) is 0 Å². The molecule has 0 bridgehead atoms. The molecular formula is C15H16N4O4S. The molecule has 1 unspecified atom stereocenters. The maximum absolute atomic E-state index is 11.2. The first-order valence-corrected chi connectivity index (χ1v) is 8.07. The number of carbonyl (C=O) groups is 1. The number of anilines is 1. The fraction of sp³-hybridized carbons (Fsp3) is 0.267. The maximum Gasteiger partial charge on any atom is 0.313 e. The largest absolute Gasteiger partial charge is 0.481 e. The van der Waals surface area contributed by atoms with Crippen LogP contribution in [0.5, 0.6) is 0 Å². The number of aliphatic carboxylic acids is 1. The van der Waals surface area contributed by atoms with Crippen molar-refractivity contribution in [2.24, 2.45) is 0 Å². The van der Waals surface area contributed by atoms with Crippen LogP contribution < -0.4 is 5.32 Å². The molecule has 0 aliphatic rings. The Bertz CT molecular complexity index is 749. The number of nitro benzene ring substituents is 1. The highest BCUT2D eigenvalue weighted by molar-refractivity contribution is 8.00. The molecule has 1 atom stereocenters. The molecule has 1 aromatic carbocycles. The predicted molar refractivity (Wildman–Crippen MR) is 91.1 cm³/mol. The van der Waals surface area contributed by atoms with Gasteiger partial charge in [-0.2, -0.15) is 0 Å². The molecule has 24 heavy (non-hydrogen) atoms. The molecule has 0 aliphatic carbocycles. The number of nitrogens with one attached hydrogen (secondary N) is 1. The van der Waals surface area contributed by atoms with Gasteiger partial charge in [-0.05, 0) is 26.0 Å². The van der Waals surface area contributed by atoms with E-state index in [2.05, 4.69) is 15.3 Å². The van der Waals surface area contributed by atoms with Gasteiger partial charge in [0.2, 0.25) is 5.95 Å². The molecule has 8 nitrogen and oxygen atoms in total. The number of carboxylic acid groups (broad SMARTS) is 1. The maximum atomic E-state index is 11.2. The van der Waals surface area contributed by atoms with Gasteiger partial charge in [0.05, 0.1) is 16.2 Å². The molecule has 2 aromatic rings. The molecule has 1 heterocycles. The van der Waals surface area contributed by atoms with Crippen LogP contribution in [0.25, 0.3) is 0 Å². The number of hydrogen-bond donors (Lipinski definition) is 2. The molecule has 0 spiro atoms. The number of para-hydroxylation sites is 1. The summed E-state index contributed by atoms with van der Waals surface area (Å²) in [6, 6.07) is 8.01. The highest BCUT2D eigenvalue weighted by atomic mass is 32.2. The van der Waals surface area contributed by atoms with Gasteiger partial charge in [-0.3, -0.25) is 14.9 Å². The van der Waals surface area contributed by atoms with E-state index in [0.717, 1.165) is 23.1 Å². The number of hydrogen-bond acceptors (Lipinski definition) is 7. The van der Waals surface area contributed by atoms with E-state index in [4.69, 9.17) is 5.11 Å². The summed E-state index contributed by atoms with van der Waals surface area (Å²) in [5.41, 5.74) is 1.78. The zero-order valence-electron chi connectivity index (χ0n) is 13.1. The van der Waals surface area contributed by atoms with Crippen LogP contribution in [-0.2, 0) is 4.79 Å². The number of thioether (sulfide) groups is 1. The minimum absolute atomic E-state index is 0.0859. The summed E-state index contributed by atoms with van der Waals surface area (Å²) in [5.74, 6) is -0.922. The van der Waals surface area contributed by atoms with E-state index >= 15 is 0 Å². The monoisotopic (exact) mass is 348 g/mol. The summed E-state index contributed by atoms with van der Waals surface area (Å²) in [6.07, 6.45) is 0. The minimum Gasteiger partial charge on any atom is -0.481 e. The number of carboxylic acids is 1. The van der Waals surface area contributed by atoms with Crippen molar-refractivity contribution in [3.63, 3.8) is 0 Å². The molecule has 9 heteroatoms. The first kappa shape index (κ1) is 17.7. The highest BCUT2D eigenvalue weighted by Crippen LogP contribution is 2.34. The standard InChI is InChI=1S/C15H16N4O4S/c1-9-7-10(2)17-15(16-9)18-14(24-8-13(20)21)11-5-3-4-6-12(11)19(22)23/h3-7,14H,8H2,1-2H3,(H,20,21)(H,16,17,18). The van der Waals surface area contributed by atoms with Gasteiger partial charge in [-0.1, -0.05) is 12.1 Å². The fourth-order valence-corrected chi connectivity index (χ4v) is 3.02. The third-order valence-electron chi connectivity index (χ3n) is 3.03. The van der Waals surface area contributed by atoms with Crippen molar-refractivity contribution in [1.29, 1.82) is 0 Å². The topological polar surface area (TPSA) is 118 Å². The van der Waals surface area contributed by atoms with Crippen LogP contribution >= 0.6 is 11.8 Å². The van der Waals surface area contributed by atoms with Crippen molar-refractivity contribution >= 4 is 29.4 Å². The SMILES string of the molecule is Cc1cc(C)nc(NC(SCC(=O)O)c2ccccc2[N+](=O)[O-])n1. The van der Waals surface area contributed by atoms with Crippen molar-refractivity contribution in [2.75, 3.05) is 11.1 Å². The second kappa shape index (κ2) is 7.73. The number of rotatable bonds is 7. The van der Waals surface area contributed by atoms with Gasteiger partial charge in [0.1, 0.15) is 5.37 Å². The summed E-state index contributed by atoms with van der Waals surface area (Å²) in [4.78, 5) is 30.2. The van der Waals surface area contributed by atoms with Gasteiger partial charge in [0.15, 0.2) is 0 Å². The number of nitro groups is 1. The van der Waals surface area contributed by atoms with E-state index in [1.807, 2.05) is 13.8 Å². The molecule has 126 valence electrons. The van der Waals surface area contributed by atoms with Crippen molar-refractivity contribution in [3.8, 4) is 0 Å². The quantitative estimate of drug-likeness (QED) is 0.445. The zero-order valence-corrected chi connectivity index (χ0v) is 13.9. The molecule has 0 saturated heterocycles. The molecule has 0 saturated carbocycles. The summed E-state index contributed by atoms with van der Waals surface area (Å²) in [5, 5.41) is 22.5. The fourth-order valence-electron chi connectivity index (χ4n) is 2.15. The highest BCUT2D eigenvalue weighted by Gasteiger charge is 2.23. The van der Waals surface area contributed by atoms with Crippen LogP contribution in [-0.4, -0.2) is 31.7 Å². The smallest absolute Gasteiger partial charge is 0.313 e. The molecule has 0 fully saturated rings. The van der Waals surface area contributed by atoms with Crippen LogP contribution in [0.1, 0.15) is 22.3 Å². The van der Waals surface area contributed by atoms with Crippen LogP contribution in [0.3, 0.4) is 0 Å². The van der Waals surface area contributed by atoms with E-state index < -0.39 is 16.3 Å². The van der Waals surface area contributed by atoms with E-state index in [-0.39, 0.29) is 11.4 Å². The Labute approximate surface area is 142 Å². The molecule has 0 radical (unpaired) electrons. The van der Waals surface area contributed by atoms with Crippen LogP contribution in [0, 0.1) is 24.0 Å². The summed E-state index contributed by atoms with van der Waals surface area (Å²) in [7, 11) is 0. The second-order valence-corrected chi connectivity index (χ2v) is 6.11. The Morgan fingerprint density at radius 1 is 1.33 bits per heavy atom. The molecule has 1 aromatic heterocycles. The first-order chi connectivity index (χ1) is 11.4. The lowest BCUT2D eigenvalue weighted by Gasteiger charge is -2.18. The lowest BCUT2D eigenvalue weighted by Crippen LogP contribution is -2.14. The van der Waals surface area contributed by atoms with Gasteiger partial charge >= 0.3 is 5.97 Å². The molecule has 2 rings (SSSR count). The number of aryl methyl sites for hydroxylation is 2. The van der Waals surface area contributed by atoms with Gasteiger partial charge < -0.3 is 10.4 Å². The summed E-state index contributed by atoms with van der Waals surface area (Å²) in [6.45, 7) is 3.62. The lowest BCUT2D eigenvalue weighted by molar-refractivity contribution is -0.385. The average Bonchev–Trinajstić information content (AvgIpc) is 2.50. The molecule has 2 N–H and O–H groups in total. The van der Waals surface area contributed by atoms with E-state index in [1.54, 1.807) is 24.3 Å². The Kier molecular flexibility index (Phi) is 5.69. The zero-order chi connectivity index (χ0) is 17.7. The summed E-state index contributed by atoms with van der Waals surface area (Å²) >= 11 is 1.03. The number of benzene rings is 1. The Morgan fingerprint density at radius 2 is 1.96 bits per heavy atom. The summed E-state index contributed by atoms with van der Waals surface area (Å²) < 4.78 is 0. The number of nitrogens with zero attached hydrogens (tertiary/aromatic N) is 3. The van der Waals surface area contributed by atoms with Crippen molar-refractivity contribution < 1.29 is 14.8 Å². The first-order valence-electron chi connectivity index (χ1n) is 7.02. The van der Waals surface area contributed by atoms with Crippen LogP contribution in [0.15, 0.2) is 30.3 Å². The third-order valence-corrected chi connectivity index (χ3v) is 4.15. The van der Waals surface area contributed by atoms with E-state index in [0.29, 0.717) is 11.5 Å². The Hall–Kier alpha value is -2.68. The van der Waals surface area contributed by atoms with Crippen LogP contribution in [0.4, 0.5) is 11.6 Å². The van der Waals surface area contributed by atoms with Gasteiger partial charge in [0, 0.05) is 17.5 Å². The van der Waals surface area contributed by atoms with E-state index in [1.165, 1.54) is 6.07 Å². The van der Waals surface area contributed by atoms with Crippen molar-refractivity contribution in [3.05, 3.63) is 57.4 Å². The van der Waals surface area contributed by atoms with E-state index in [9.17, 15) is 14.9 Å². The lowest BCUT2D eigenvalue weighted by atomic mass is 10.2. The average molecular weight is 348 g/mol. The van der Waals surface area contributed by atoms with Gasteiger partial charge in [-0.15, -0.1) is 11.8 Å². The van der Waals surface area contributed by atoms with Gasteiger partial charge in [-0.25, -0.2) is 9.97 Å². The molecule has 0 aliphatic heterocycles. The Morgan fingerprint density at radius 3 is 2.54 bits per heavy atom. The molecule has 0 amide bonds. The van der Waals surface area contributed by atoms with Crippen molar-refractivity contribution in [2.45, 2.75) is 19.2 Å². The minimum atomic E-state index is -1.01. The normalized spacial score (nSPS) is 11.8. The number of aromatic nitrogens is 2. The molecular weight excluding hydrogens is 332 g/mol. The van der Waals surface area contributed by atoms with Gasteiger partial charge in [0.25, 0.3) is 5.69 Å². The third kappa shape index (κ3) is 4.66. The second-order valence-electron chi connectivity index (χ2n) is 5.02. The Balaban J connectivity index is 2.37. The predicted octanol–water partition coefficient (Wildman–Crippen LogP) is 2.93. The van der Waals surface area contributed by atoms with Crippen molar-refractivity contribution in [1.82, 2.24) is 9.97 Å².